The number of para-hydroxylation sites is 1. The van der Waals surface area contributed by atoms with E-state index in [-0.39, 0.29) is 6.10 Å². The van der Waals surface area contributed by atoms with E-state index in [1.807, 2.05) is 31.2 Å². The van der Waals surface area contributed by atoms with Crippen LogP contribution < -0.4 is 15.8 Å². The highest BCUT2D eigenvalue weighted by atomic mass is 16.5. The molecule has 1 aliphatic rings. The molecule has 28 heavy (non-hydrogen) atoms. The minimum absolute atomic E-state index is 0.197. The van der Waals surface area contributed by atoms with Crippen LogP contribution in [0.3, 0.4) is 0 Å². The summed E-state index contributed by atoms with van der Waals surface area (Å²) in [5.74, 6) is 0.613. The number of carbonyl (C=O) groups is 1. The minimum Gasteiger partial charge on any atom is -0.488 e. The van der Waals surface area contributed by atoms with E-state index in [0.717, 1.165) is 42.0 Å². The van der Waals surface area contributed by atoms with Crippen LogP contribution in [0.5, 0.6) is 5.75 Å². The van der Waals surface area contributed by atoms with E-state index in [1.165, 1.54) is 11.1 Å². The Morgan fingerprint density at radius 1 is 1.11 bits per heavy atom. The number of carbonyl (C=O) groups excluding carboxylic acids is 1. The van der Waals surface area contributed by atoms with Gasteiger partial charge in [0, 0.05) is 25.1 Å². The van der Waals surface area contributed by atoms with Gasteiger partial charge in [0.1, 0.15) is 11.9 Å². The van der Waals surface area contributed by atoms with E-state index < -0.39 is 5.91 Å². The minimum atomic E-state index is -0.398. The van der Waals surface area contributed by atoms with Crippen LogP contribution in [0, 0.1) is 6.92 Å². The fourth-order valence-electron chi connectivity index (χ4n) is 3.69. The molecule has 4 rings (SSSR count). The summed E-state index contributed by atoms with van der Waals surface area (Å²) in [6.07, 6.45) is 1.16. The van der Waals surface area contributed by atoms with Gasteiger partial charge in [-0.1, -0.05) is 48.5 Å². The lowest BCUT2D eigenvalue weighted by Crippen LogP contribution is -2.29. The monoisotopic (exact) mass is 372 g/mol. The van der Waals surface area contributed by atoms with Crippen molar-refractivity contribution in [3.05, 3.63) is 89.0 Å². The van der Waals surface area contributed by atoms with E-state index >= 15 is 0 Å². The molecule has 0 fully saturated rings. The molecule has 4 heteroatoms. The Hall–Kier alpha value is -3.11. The number of aryl methyl sites for hydroxylation is 1. The molecule has 3 aromatic carbocycles. The zero-order valence-electron chi connectivity index (χ0n) is 15.9. The van der Waals surface area contributed by atoms with Gasteiger partial charge < -0.3 is 15.8 Å². The summed E-state index contributed by atoms with van der Waals surface area (Å²) in [5, 5.41) is 3.49. The molecule has 1 atom stereocenters. The van der Waals surface area contributed by atoms with Crippen molar-refractivity contribution in [2.75, 3.05) is 6.54 Å². The second-order valence-electron chi connectivity index (χ2n) is 7.27. The fourth-order valence-corrected chi connectivity index (χ4v) is 3.69. The number of nitrogens with two attached hydrogens (primary N) is 1. The van der Waals surface area contributed by atoms with Gasteiger partial charge in [-0.05, 0) is 52.9 Å². The van der Waals surface area contributed by atoms with Gasteiger partial charge >= 0.3 is 0 Å². The van der Waals surface area contributed by atoms with Crippen LogP contribution in [0.2, 0.25) is 0 Å². The number of hydrogen-bond acceptors (Lipinski definition) is 3. The summed E-state index contributed by atoms with van der Waals surface area (Å²) in [4.78, 5) is 11.3. The topological polar surface area (TPSA) is 64.4 Å². The van der Waals surface area contributed by atoms with E-state index in [4.69, 9.17) is 10.5 Å². The average molecular weight is 372 g/mol. The molecule has 1 unspecified atom stereocenters. The van der Waals surface area contributed by atoms with E-state index in [9.17, 15) is 4.79 Å². The molecule has 142 valence electrons. The number of hydrogen-bond donors (Lipinski definition) is 2. The molecule has 0 bridgehead atoms. The molecular formula is C24H24N2O2. The highest BCUT2D eigenvalue weighted by Crippen LogP contribution is 2.28. The van der Waals surface area contributed by atoms with E-state index in [0.29, 0.717) is 5.56 Å². The van der Waals surface area contributed by atoms with Gasteiger partial charge in [-0.2, -0.15) is 0 Å². The van der Waals surface area contributed by atoms with Crippen LogP contribution in [0.1, 0.15) is 27.0 Å². The predicted octanol–water partition coefficient (Wildman–Crippen LogP) is 3.85. The van der Waals surface area contributed by atoms with Crippen LogP contribution in [0.4, 0.5) is 0 Å². The third kappa shape index (κ3) is 3.92. The second-order valence-corrected chi connectivity index (χ2v) is 7.27. The van der Waals surface area contributed by atoms with Gasteiger partial charge in [0.15, 0.2) is 0 Å². The summed E-state index contributed by atoms with van der Waals surface area (Å²) in [7, 11) is 0. The first-order valence-electron chi connectivity index (χ1n) is 9.55. The number of rotatable bonds is 6. The maximum Gasteiger partial charge on any atom is 0.248 e. The number of benzene rings is 3. The van der Waals surface area contributed by atoms with Gasteiger partial charge in [-0.15, -0.1) is 0 Å². The van der Waals surface area contributed by atoms with Crippen LogP contribution in [0.25, 0.3) is 11.1 Å². The number of ether oxygens (including phenoxy) is 1. The van der Waals surface area contributed by atoms with Crippen molar-refractivity contribution in [1.82, 2.24) is 5.32 Å². The lowest BCUT2D eigenvalue weighted by Gasteiger charge is -2.12. The first kappa shape index (κ1) is 18.3. The number of fused-ring (bicyclic) bond motifs is 1. The summed E-state index contributed by atoms with van der Waals surface area (Å²) in [6, 6.07) is 22.3. The van der Waals surface area contributed by atoms with Crippen molar-refractivity contribution >= 4 is 5.91 Å². The Kier molecular flexibility index (Phi) is 5.13. The first-order valence-corrected chi connectivity index (χ1v) is 9.55. The summed E-state index contributed by atoms with van der Waals surface area (Å²) < 4.78 is 5.97. The van der Waals surface area contributed by atoms with Gasteiger partial charge in [-0.25, -0.2) is 0 Å². The molecule has 0 aliphatic carbocycles. The maximum absolute atomic E-state index is 11.3. The molecule has 3 aromatic rings. The SMILES string of the molecule is Cc1cc(C(N)=O)ccc1-c1ccc(CNCC2Cc3ccccc3O2)cc1. The maximum atomic E-state index is 11.3. The second kappa shape index (κ2) is 7.87. The van der Waals surface area contributed by atoms with Gasteiger partial charge in [0.2, 0.25) is 5.91 Å². The molecule has 0 radical (unpaired) electrons. The van der Waals surface area contributed by atoms with Crippen molar-refractivity contribution in [1.29, 1.82) is 0 Å². The van der Waals surface area contributed by atoms with E-state index in [1.54, 1.807) is 6.07 Å². The third-order valence-electron chi connectivity index (χ3n) is 5.19. The van der Waals surface area contributed by atoms with Crippen LogP contribution in [-0.2, 0) is 13.0 Å². The third-order valence-corrected chi connectivity index (χ3v) is 5.19. The summed E-state index contributed by atoms with van der Waals surface area (Å²) in [6.45, 7) is 3.62. The Labute approximate surface area is 165 Å². The van der Waals surface area contributed by atoms with Crippen LogP contribution in [0.15, 0.2) is 66.7 Å². The molecule has 1 heterocycles. The predicted molar refractivity (Wildman–Crippen MR) is 111 cm³/mol. The van der Waals surface area contributed by atoms with Crippen LogP contribution >= 0.6 is 0 Å². The highest BCUT2D eigenvalue weighted by molar-refractivity contribution is 5.93. The zero-order valence-corrected chi connectivity index (χ0v) is 15.9. The Morgan fingerprint density at radius 2 is 1.89 bits per heavy atom. The quantitative estimate of drug-likeness (QED) is 0.691. The van der Waals surface area contributed by atoms with Crippen LogP contribution in [-0.4, -0.2) is 18.6 Å². The molecule has 0 aromatic heterocycles. The largest absolute Gasteiger partial charge is 0.488 e. The number of nitrogens with one attached hydrogen (secondary N) is 1. The molecule has 0 saturated carbocycles. The Morgan fingerprint density at radius 3 is 2.61 bits per heavy atom. The summed E-state index contributed by atoms with van der Waals surface area (Å²) >= 11 is 0. The smallest absolute Gasteiger partial charge is 0.248 e. The normalized spacial score (nSPS) is 15.1. The number of amides is 1. The lowest BCUT2D eigenvalue weighted by molar-refractivity contribution is 0.1000. The van der Waals surface area contributed by atoms with Gasteiger partial charge in [-0.3, -0.25) is 4.79 Å². The van der Waals surface area contributed by atoms with Crippen molar-refractivity contribution in [3.8, 4) is 16.9 Å². The molecule has 3 N–H and O–H groups in total. The molecule has 4 nitrogen and oxygen atoms in total. The number of primary amides is 1. The van der Waals surface area contributed by atoms with Crippen molar-refractivity contribution in [2.24, 2.45) is 5.73 Å². The molecule has 1 amide bonds. The summed E-state index contributed by atoms with van der Waals surface area (Å²) in [5.41, 5.74) is 11.7. The molecule has 1 aliphatic heterocycles. The van der Waals surface area contributed by atoms with Crippen molar-refractivity contribution in [3.63, 3.8) is 0 Å². The Balaban J connectivity index is 1.33. The van der Waals surface area contributed by atoms with Gasteiger partial charge in [0.25, 0.3) is 0 Å². The first-order chi connectivity index (χ1) is 13.6. The van der Waals surface area contributed by atoms with Crippen molar-refractivity contribution < 1.29 is 9.53 Å². The Bertz CT molecular complexity index is 971. The van der Waals surface area contributed by atoms with Crippen molar-refractivity contribution in [2.45, 2.75) is 26.0 Å². The standard InChI is InChI=1S/C24H24N2O2/c1-16-12-20(24(25)27)10-11-22(16)18-8-6-17(7-9-18)14-26-15-21-13-19-4-2-3-5-23(19)28-21/h2-12,21,26H,13-15H2,1H3,(H2,25,27). The zero-order chi connectivity index (χ0) is 19.5. The molecule has 0 spiro atoms. The van der Waals surface area contributed by atoms with E-state index in [2.05, 4.69) is 41.7 Å². The highest BCUT2D eigenvalue weighted by Gasteiger charge is 2.21. The molecular weight excluding hydrogens is 348 g/mol. The lowest BCUT2D eigenvalue weighted by atomic mass is 9.97. The fraction of sp³-hybridized carbons (Fsp3) is 0.208. The van der Waals surface area contributed by atoms with Gasteiger partial charge in [0.05, 0.1) is 0 Å². The molecule has 0 saturated heterocycles. The average Bonchev–Trinajstić information content (AvgIpc) is 3.11.